The van der Waals surface area contributed by atoms with Crippen molar-refractivity contribution in [3.63, 3.8) is 0 Å². The molecule has 6 heteroatoms. The number of carbonyl (C=O) groups is 3. The highest BCUT2D eigenvalue weighted by molar-refractivity contribution is 6.02. The average Bonchev–Trinajstić information content (AvgIpc) is 3.34. The second kappa shape index (κ2) is 6.13. The third-order valence-electron chi connectivity index (χ3n) is 9.75. The number of epoxide rings is 1. The fourth-order valence-corrected chi connectivity index (χ4v) is 8.12. The van der Waals surface area contributed by atoms with Gasteiger partial charge < -0.3 is 14.6 Å². The van der Waals surface area contributed by atoms with E-state index in [9.17, 15) is 19.5 Å². The Labute approximate surface area is 171 Å². The lowest BCUT2D eigenvalue weighted by molar-refractivity contribution is -0.170. The van der Waals surface area contributed by atoms with Crippen molar-refractivity contribution in [1.82, 2.24) is 0 Å². The van der Waals surface area contributed by atoms with E-state index in [-0.39, 0.29) is 41.7 Å². The van der Waals surface area contributed by atoms with Crippen LogP contribution in [0.3, 0.4) is 0 Å². The SMILES string of the molecule is CC(=O)OCC(=O)C12OC1CC1C3CCC4CC(O)CCC4(C)C3CC(=O)C12C. The summed E-state index contributed by atoms with van der Waals surface area (Å²) in [7, 11) is 0. The first-order chi connectivity index (χ1) is 13.6. The normalized spacial score (nSPS) is 52.6. The number of aliphatic hydroxyl groups excluding tert-OH is 1. The van der Waals surface area contributed by atoms with Crippen LogP contribution < -0.4 is 0 Å². The van der Waals surface area contributed by atoms with Crippen LogP contribution in [-0.2, 0) is 23.9 Å². The van der Waals surface area contributed by atoms with E-state index >= 15 is 0 Å². The van der Waals surface area contributed by atoms with Crippen molar-refractivity contribution in [1.29, 1.82) is 0 Å². The molecule has 0 radical (unpaired) electrons. The molecule has 29 heavy (non-hydrogen) atoms. The van der Waals surface area contributed by atoms with Gasteiger partial charge in [-0.15, -0.1) is 0 Å². The summed E-state index contributed by atoms with van der Waals surface area (Å²) in [6, 6.07) is 0. The molecule has 5 aliphatic rings. The molecule has 5 rings (SSSR count). The highest BCUT2D eigenvalue weighted by Gasteiger charge is 2.83. The van der Waals surface area contributed by atoms with Gasteiger partial charge in [-0.2, -0.15) is 0 Å². The lowest BCUT2D eigenvalue weighted by atomic mass is 9.44. The van der Waals surface area contributed by atoms with Gasteiger partial charge >= 0.3 is 5.97 Å². The van der Waals surface area contributed by atoms with E-state index in [4.69, 9.17) is 9.47 Å². The van der Waals surface area contributed by atoms with E-state index in [1.807, 2.05) is 6.92 Å². The standard InChI is InChI=1S/C23H32O6/c1-12(24)28-11-19(27)23-20(29-23)10-17-15-5-4-13-8-14(25)6-7-21(13,2)16(15)9-18(26)22(17,23)3/h13-17,20,25H,4-11H2,1-3H3. The van der Waals surface area contributed by atoms with Gasteiger partial charge in [0.25, 0.3) is 0 Å². The molecule has 160 valence electrons. The first kappa shape index (κ1) is 19.7. The van der Waals surface area contributed by atoms with Crippen LogP contribution in [0, 0.1) is 34.5 Å². The number of carbonyl (C=O) groups excluding carboxylic acids is 3. The van der Waals surface area contributed by atoms with E-state index in [2.05, 4.69) is 6.92 Å². The second-order valence-corrected chi connectivity index (χ2v) is 10.7. The Bertz CT molecular complexity index is 777. The summed E-state index contributed by atoms with van der Waals surface area (Å²) in [6.07, 6.45) is 5.63. The van der Waals surface area contributed by atoms with E-state index in [0.29, 0.717) is 24.2 Å². The minimum atomic E-state index is -1.09. The van der Waals surface area contributed by atoms with Gasteiger partial charge in [-0.25, -0.2) is 0 Å². The number of esters is 1. The van der Waals surface area contributed by atoms with E-state index in [1.165, 1.54) is 6.92 Å². The predicted octanol–water partition coefficient (Wildman–Crippen LogP) is 2.45. The topological polar surface area (TPSA) is 93.2 Å². The molecule has 1 heterocycles. The van der Waals surface area contributed by atoms with Crippen LogP contribution in [-0.4, -0.2) is 47.1 Å². The quantitative estimate of drug-likeness (QED) is 0.574. The van der Waals surface area contributed by atoms with Gasteiger partial charge in [0.1, 0.15) is 5.78 Å². The van der Waals surface area contributed by atoms with Crippen molar-refractivity contribution in [2.24, 2.45) is 34.5 Å². The van der Waals surface area contributed by atoms with Gasteiger partial charge in [0.15, 0.2) is 12.2 Å². The molecular formula is C23H32O6. The summed E-state index contributed by atoms with van der Waals surface area (Å²) < 4.78 is 10.9. The summed E-state index contributed by atoms with van der Waals surface area (Å²) >= 11 is 0. The molecule has 9 unspecified atom stereocenters. The fraction of sp³-hybridized carbons (Fsp3) is 0.870. The third-order valence-corrected chi connectivity index (χ3v) is 9.75. The van der Waals surface area contributed by atoms with Gasteiger partial charge in [0, 0.05) is 13.3 Å². The molecule has 0 spiro atoms. The minimum Gasteiger partial charge on any atom is -0.458 e. The molecule has 5 fully saturated rings. The summed E-state index contributed by atoms with van der Waals surface area (Å²) in [5, 5.41) is 10.2. The van der Waals surface area contributed by atoms with Crippen LogP contribution in [0.5, 0.6) is 0 Å². The van der Waals surface area contributed by atoms with Gasteiger partial charge in [-0.1, -0.05) is 6.92 Å². The number of Topliss-reactive ketones (excluding diaryl/α,β-unsaturated/α-hetero) is 2. The number of hydrogen-bond acceptors (Lipinski definition) is 6. The minimum absolute atomic E-state index is 0.0989. The van der Waals surface area contributed by atoms with Crippen LogP contribution in [0.4, 0.5) is 0 Å². The van der Waals surface area contributed by atoms with Gasteiger partial charge in [-0.3, -0.25) is 14.4 Å². The number of aliphatic hydroxyl groups is 1. The van der Waals surface area contributed by atoms with Crippen LogP contribution in [0.15, 0.2) is 0 Å². The maximum Gasteiger partial charge on any atom is 0.303 e. The van der Waals surface area contributed by atoms with Crippen molar-refractivity contribution >= 4 is 17.5 Å². The first-order valence-electron chi connectivity index (χ1n) is 11.2. The summed E-state index contributed by atoms with van der Waals surface area (Å²) in [4.78, 5) is 37.8. The Balaban J connectivity index is 1.45. The monoisotopic (exact) mass is 404 g/mol. The molecule has 9 atom stereocenters. The lowest BCUT2D eigenvalue weighted by Gasteiger charge is -2.60. The maximum absolute atomic E-state index is 13.6. The molecule has 0 aromatic rings. The van der Waals surface area contributed by atoms with Crippen LogP contribution in [0.2, 0.25) is 0 Å². The smallest absolute Gasteiger partial charge is 0.303 e. The first-order valence-corrected chi connectivity index (χ1v) is 11.2. The van der Waals surface area contributed by atoms with Gasteiger partial charge in [-0.05, 0) is 74.5 Å². The fourth-order valence-electron chi connectivity index (χ4n) is 8.12. The maximum atomic E-state index is 13.6. The van der Waals surface area contributed by atoms with Crippen LogP contribution >= 0.6 is 0 Å². The Morgan fingerprint density at radius 1 is 1.17 bits per heavy atom. The highest BCUT2D eigenvalue weighted by atomic mass is 16.6. The van der Waals surface area contributed by atoms with Crippen molar-refractivity contribution in [3.8, 4) is 0 Å². The second-order valence-electron chi connectivity index (χ2n) is 10.7. The van der Waals surface area contributed by atoms with Crippen LogP contribution in [0.1, 0.15) is 65.7 Å². The average molecular weight is 405 g/mol. The molecule has 0 aromatic carbocycles. The van der Waals surface area contributed by atoms with Crippen molar-refractivity contribution in [3.05, 3.63) is 0 Å². The Morgan fingerprint density at radius 3 is 2.66 bits per heavy atom. The molecule has 1 N–H and O–H groups in total. The zero-order valence-corrected chi connectivity index (χ0v) is 17.6. The lowest BCUT2D eigenvalue weighted by Crippen LogP contribution is -2.61. The summed E-state index contributed by atoms with van der Waals surface area (Å²) in [5.74, 6) is 0.784. The Hall–Kier alpha value is -1.27. The zero-order valence-electron chi connectivity index (χ0n) is 17.6. The molecular weight excluding hydrogens is 372 g/mol. The molecule has 0 aromatic heterocycles. The van der Waals surface area contributed by atoms with Crippen LogP contribution in [0.25, 0.3) is 0 Å². The predicted molar refractivity (Wildman–Crippen MR) is 103 cm³/mol. The number of hydrogen-bond donors (Lipinski definition) is 1. The molecule has 4 saturated carbocycles. The number of ketones is 2. The molecule has 4 aliphatic carbocycles. The van der Waals surface area contributed by atoms with Crippen molar-refractivity contribution in [2.45, 2.75) is 83.5 Å². The number of ether oxygens (including phenoxy) is 2. The third kappa shape index (κ3) is 2.39. The zero-order chi connectivity index (χ0) is 20.8. The van der Waals surface area contributed by atoms with E-state index in [1.54, 1.807) is 0 Å². The molecule has 1 saturated heterocycles. The number of fused-ring (bicyclic) bond motifs is 7. The Kier molecular flexibility index (Phi) is 4.16. The van der Waals surface area contributed by atoms with E-state index < -0.39 is 17.0 Å². The van der Waals surface area contributed by atoms with Gasteiger partial charge in [0.2, 0.25) is 5.78 Å². The van der Waals surface area contributed by atoms with E-state index in [0.717, 1.165) is 38.5 Å². The Morgan fingerprint density at radius 2 is 1.93 bits per heavy atom. The largest absolute Gasteiger partial charge is 0.458 e. The molecule has 0 bridgehead atoms. The summed E-state index contributed by atoms with van der Waals surface area (Å²) in [6.45, 7) is 5.25. The molecule has 1 aliphatic heterocycles. The molecule has 0 amide bonds. The highest BCUT2D eigenvalue weighted by Crippen LogP contribution is 2.72. The number of rotatable bonds is 3. The van der Waals surface area contributed by atoms with Gasteiger partial charge in [0.05, 0.1) is 17.6 Å². The summed E-state index contributed by atoms with van der Waals surface area (Å²) in [5.41, 5.74) is -1.80. The molecule has 6 nitrogen and oxygen atoms in total. The van der Waals surface area contributed by atoms with Crippen molar-refractivity contribution in [2.75, 3.05) is 6.61 Å². The van der Waals surface area contributed by atoms with Crippen molar-refractivity contribution < 1.29 is 29.0 Å².